The zero-order valence-corrected chi connectivity index (χ0v) is 12.6. The van der Waals surface area contributed by atoms with Gasteiger partial charge in [-0.1, -0.05) is 6.07 Å². The zero-order chi connectivity index (χ0) is 15.0. The molecule has 0 radical (unpaired) electrons. The Balaban J connectivity index is 2.01. The van der Waals surface area contributed by atoms with E-state index in [0.717, 1.165) is 16.9 Å². The lowest BCUT2D eigenvalue weighted by atomic mass is 10.0. The highest BCUT2D eigenvalue weighted by Crippen LogP contribution is 2.39. The molecule has 0 bridgehead atoms. The predicted octanol–water partition coefficient (Wildman–Crippen LogP) is 2.86. The lowest BCUT2D eigenvalue weighted by molar-refractivity contribution is 0.0945. The zero-order valence-electron chi connectivity index (χ0n) is 11.8. The van der Waals surface area contributed by atoms with E-state index < -0.39 is 0 Å². The molecule has 2 heterocycles. The monoisotopic (exact) mass is 304 g/mol. The summed E-state index contributed by atoms with van der Waals surface area (Å²) >= 11 is 1.36. The molecule has 0 fully saturated rings. The molecule has 0 saturated carbocycles. The molecular formula is C15H16N2O3S. The summed E-state index contributed by atoms with van der Waals surface area (Å²) < 4.78 is 10.7. The van der Waals surface area contributed by atoms with Gasteiger partial charge in [0.25, 0.3) is 5.91 Å². The molecule has 1 aromatic carbocycles. The van der Waals surface area contributed by atoms with Gasteiger partial charge in [0, 0.05) is 17.0 Å². The van der Waals surface area contributed by atoms with E-state index in [9.17, 15) is 4.79 Å². The number of thiophene rings is 1. The maximum atomic E-state index is 12.3. The SMILES string of the molecule is CC(C)NC(=O)c1c(-c2ccc3c(c2)OCO3)csc1N. The number of hydrogen-bond acceptors (Lipinski definition) is 5. The second-order valence-corrected chi connectivity index (χ2v) is 6.00. The average Bonchev–Trinajstić information content (AvgIpc) is 3.02. The minimum atomic E-state index is -0.156. The first-order valence-corrected chi connectivity index (χ1v) is 7.52. The Labute approximate surface area is 126 Å². The van der Waals surface area contributed by atoms with Gasteiger partial charge < -0.3 is 20.5 Å². The Hall–Kier alpha value is -2.21. The highest BCUT2D eigenvalue weighted by Gasteiger charge is 2.21. The molecule has 0 spiro atoms. The number of fused-ring (bicyclic) bond motifs is 1. The number of carbonyl (C=O) groups excluding carboxylic acids is 1. The number of nitrogens with two attached hydrogens (primary N) is 1. The smallest absolute Gasteiger partial charge is 0.255 e. The summed E-state index contributed by atoms with van der Waals surface area (Å²) in [5.41, 5.74) is 8.19. The number of hydrogen-bond donors (Lipinski definition) is 2. The van der Waals surface area contributed by atoms with E-state index in [1.54, 1.807) is 0 Å². The molecule has 0 unspecified atom stereocenters. The fourth-order valence-corrected chi connectivity index (χ4v) is 3.04. The lowest BCUT2D eigenvalue weighted by Gasteiger charge is -2.10. The molecule has 0 atom stereocenters. The van der Waals surface area contributed by atoms with Gasteiger partial charge in [-0.2, -0.15) is 0 Å². The summed E-state index contributed by atoms with van der Waals surface area (Å²) in [6.45, 7) is 4.06. The third-order valence-corrected chi connectivity index (χ3v) is 3.96. The molecule has 5 nitrogen and oxygen atoms in total. The van der Waals surface area contributed by atoms with E-state index in [1.807, 2.05) is 37.4 Å². The van der Waals surface area contributed by atoms with Crippen molar-refractivity contribution in [3.63, 3.8) is 0 Å². The van der Waals surface area contributed by atoms with Gasteiger partial charge in [-0.3, -0.25) is 4.79 Å². The summed E-state index contributed by atoms with van der Waals surface area (Å²) in [4.78, 5) is 12.3. The van der Waals surface area contributed by atoms with Crippen molar-refractivity contribution in [2.24, 2.45) is 0 Å². The van der Waals surface area contributed by atoms with Crippen molar-refractivity contribution in [2.45, 2.75) is 19.9 Å². The van der Waals surface area contributed by atoms with Gasteiger partial charge in [-0.05, 0) is 31.5 Å². The van der Waals surface area contributed by atoms with E-state index in [4.69, 9.17) is 15.2 Å². The van der Waals surface area contributed by atoms with E-state index in [-0.39, 0.29) is 18.7 Å². The minimum absolute atomic E-state index is 0.0569. The Morgan fingerprint density at radius 1 is 1.33 bits per heavy atom. The summed E-state index contributed by atoms with van der Waals surface area (Å²) in [6.07, 6.45) is 0. The molecule has 1 aromatic heterocycles. The molecule has 1 amide bonds. The van der Waals surface area contributed by atoms with E-state index in [2.05, 4.69) is 5.32 Å². The van der Waals surface area contributed by atoms with E-state index in [1.165, 1.54) is 11.3 Å². The minimum Gasteiger partial charge on any atom is -0.454 e. The standard InChI is InChI=1S/C15H16N2O3S/c1-8(2)17-15(18)13-10(6-21-14(13)16)9-3-4-11-12(5-9)20-7-19-11/h3-6,8H,7,16H2,1-2H3,(H,17,18). The van der Waals surface area contributed by atoms with Crippen molar-refractivity contribution in [1.82, 2.24) is 5.32 Å². The van der Waals surface area contributed by atoms with E-state index >= 15 is 0 Å². The fourth-order valence-electron chi connectivity index (χ4n) is 2.22. The van der Waals surface area contributed by atoms with Crippen molar-refractivity contribution >= 4 is 22.2 Å². The van der Waals surface area contributed by atoms with Gasteiger partial charge in [0.15, 0.2) is 11.5 Å². The first-order chi connectivity index (χ1) is 10.1. The average molecular weight is 304 g/mol. The summed E-state index contributed by atoms with van der Waals surface area (Å²) in [6, 6.07) is 5.67. The Kier molecular flexibility index (Phi) is 3.47. The Morgan fingerprint density at radius 2 is 2.10 bits per heavy atom. The Morgan fingerprint density at radius 3 is 2.86 bits per heavy atom. The van der Waals surface area contributed by atoms with Crippen LogP contribution in [0.2, 0.25) is 0 Å². The van der Waals surface area contributed by atoms with Crippen molar-refractivity contribution in [3.8, 4) is 22.6 Å². The second-order valence-electron chi connectivity index (χ2n) is 5.08. The number of ether oxygens (including phenoxy) is 2. The maximum absolute atomic E-state index is 12.3. The highest BCUT2D eigenvalue weighted by atomic mass is 32.1. The maximum Gasteiger partial charge on any atom is 0.255 e. The number of amides is 1. The molecule has 1 aliphatic rings. The van der Waals surface area contributed by atoms with Crippen LogP contribution >= 0.6 is 11.3 Å². The predicted molar refractivity (Wildman–Crippen MR) is 82.9 cm³/mol. The second kappa shape index (κ2) is 5.29. The van der Waals surface area contributed by atoms with Gasteiger partial charge in [0.05, 0.1) is 10.6 Å². The van der Waals surface area contributed by atoms with Crippen molar-refractivity contribution in [3.05, 3.63) is 29.1 Å². The van der Waals surface area contributed by atoms with Crippen LogP contribution in [0.25, 0.3) is 11.1 Å². The number of benzene rings is 1. The van der Waals surface area contributed by atoms with Gasteiger partial charge in [-0.25, -0.2) is 0 Å². The first kappa shape index (κ1) is 13.8. The van der Waals surface area contributed by atoms with Crippen LogP contribution < -0.4 is 20.5 Å². The molecule has 2 aromatic rings. The van der Waals surface area contributed by atoms with Gasteiger partial charge in [-0.15, -0.1) is 11.3 Å². The third-order valence-electron chi connectivity index (χ3n) is 3.15. The van der Waals surface area contributed by atoms with Crippen molar-refractivity contribution in [2.75, 3.05) is 12.5 Å². The van der Waals surface area contributed by atoms with Crippen LogP contribution in [0, 0.1) is 0 Å². The normalized spacial score (nSPS) is 12.7. The lowest BCUT2D eigenvalue weighted by Crippen LogP contribution is -2.30. The molecule has 3 N–H and O–H groups in total. The molecule has 0 aliphatic carbocycles. The number of nitrogens with one attached hydrogen (secondary N) is 1. The quantitative estimate of drug-likeness (QED) is 0.914. The number of anilines is 1. The van der Waals surface area contributed by atoms with Crippen LogP contribution in [0.5, 0.6) is 11.5 Å². The highest BCUT2D eigenvalue weighted by molar-refractivity contribution is 7.15. The number of nitrogen functional groups attached to an aromatic ring is 1. The summed E-state index contributed by atoms with van der Waals surface area (Å²) in [5, 5.41) is 5.29. The van der Waals surface area contributed by atoms with Gasteiger partial charge in [0.2, 0.25) is 6.79 Å². The third kappa shape index (κ3) is 2.54. The molecule has 6 heteroatoms. The molecule has 3 rings (SSSR count). The van der Waals surface area contributed by atoms with Crippen LogP contribution in [0.4, 0.5) is 5.00 Å². The number of carbonyl (C=O) groups is 1. The topological polar surface area (TPSA) is 73.6 Å². The molecule has 21 heavy (non-hydrogen) atoms. The molecular weight excluding hydrogens is 288 g/mol. The van der Waals surface area contributed by atoms with E-state index in [0.29, 0.717) is 16.3 Å². The molecule has 110 valence electrons. The molecule has 1 aliphatic heterocycles. The van der Waals surface area contributed by atoms with Crippen LogP contribution in [0.15, 0.2) is 23.6 Å². The first-order valence-electron chi connectivity index (χ1n) is 6.64. The van der Waals surface area contributed by atoms with Gasteiger partial charge in [0.1, 0.15) is 0 Å². The fraction of sp³-hybridized carbons (Fsp3) is 0.267. The molecule has 0 saturated heterocycles. The van der Waals surface area contributed by atoms with Crippen molar-refractivity contribution < 1.29 is 14.3 Å². The van der Waals surface area contributed by atoms with Gasteiger partial charge >= 0.3 is 0 Å². The van der Waals surface area contributed by atoms with Crippen LogP contribution in [-0.2, 0) is 0 Å². The van der Waals surface area contributed by atoms with Crippen LogP contribution in [-0.4, -0.2) is 18.7 Å². The summed E-state index contributed by atoms with van der Waals surface area (Å²) in [7, 11) is 0. The Bertz CT molecular complexity index is 694. The van der Waals surface area contributed by atoms with Crippen molar-refractivity contribution in [1.29, 1.82) is 0 Å². The largest absolute Gasteiger partial charge is 0.454 e. The van der Waals surface area contributed by atoms with Crippen LogP contribution in [0.1, 0.15) is 24.2 Å². The number of rotatable bonds is 3. The summed E-state index contributed by atoms with van der Waals surface area (Å²) in [5.74, 6) is 1.25. The van der Waals surface area contributed by atoms with Crippen LogP contribution in [0.3, 0.4) is 0 Å².